The van der Waals surface area contributed by atoms with Crippen molar-refractivity contribution in [1.82, 2.24) is 0 Å². The fourth-order valence-electron chi connectivity index (χ4n) is 1.43. The van der Waals surface area contributed by atoms with Gasteiger partial charge in [-0.05, 0) is 26.0 Å². The van der Waals surface area contributed by atoms with Crippen LogP contribution in [0.3, 0.4) is 0 Å². The summed E-state index contributed by atoms with van der Waals surface area (Å²) in [6, 6.07) is 2.54. The summed E-state index contributed by atoms with van der Waals surface area (Å²) in [5, 5.41) is 2.94. The summed E-state index contributed by atoms with van der Waals surface area (Å²) in [5.74, 6) is -1.23. The van der Waals surface area contributed by atoms with E-state index in [1.807, 2.05) is 6.92 Å². The molecule has 1 atom stereocenters. The highest BCUT2D eigenvalue weighted by Gasteiger charge is 2.14. The lowest BCUT2D eigenvalue weighted by Crippen LogP contribution is -2.19. The summed E-state index contributed by atoms with van der Waals surface area (Å²) < 4.78 is 23.5. The topological polar surface area (TPSA) is 73.6 Å². The van der Waals surface area contributed by atoms with Crippen LogP contribution >= 0.6 is 0 Å². The van der Waals surface area contributed by atoms with Crippen LogP contribution in [0.25, 0.3) is 0 Å². The molecule has 1 aromatic rings. The maximum absolute atomic E-state index is 13.6. The van der Waals surface area contributed by atoms with Gasteiger partial charge in [-0.2, -0.15) is 0 Å². The van der Waals surface area contributed by atoms with Crippen LogP contribution < -0.4 is 11.1 Å². The number of halogens is 1. The summed E-state index contributed by atoms with van der Waals surface area (Å²) in [5.41, 5.74) is 6.07. The maximum atomic E-state index is 13.6. The zero-order valence-electron chi connectivity index (χ0n) is 11.3. The van der Waals surface area contributed by atoms with E-state index in [2.05, 4.69) is 5.32 Å². The Morgan fingerprint density at radius 3 is 2.79 bits per heavy atom. The number of carbonyl (C=O) groups is 1. The van der Waals surface area contributed by atoms with Crippen molar-refractivity contribution < 1.29 is 18.7 Å². The Hall–Kier alpha value is -1.82. The molecule has 1 unspecified atom stereocenters. The first-order valence-electron chi connectivity index (χ1n) is 6.02. The number of carbonyl (C=O) groups excluding carboxylic acids is 1. The first kappa shape index (κ1) is 15.2. The summed E-state index contributed by atoms with van der Waals surface area (Å²) in [6.45, 7) is 4.22. The average Bonchev–Trinajstić information content (AvgIpc) is 2.40. The molecule has 0 bridgehead atoms. The second-order valence-corrected chi connectivity index (χ2v) is 4.07. The van der Waals surface area contributed by atoms with Crippen molar-refractivity contribution in [3.8, 4) is 0 Å². The molecular formula is C13H19FN2O3. The lowest BCUT2D eigenvalue weighted by molar-refractivity contribution is 0.0526. The van der Waals surface area contributed by atoms with Crippen LogP contribution in [-0.2, 0) is 9.47 Å². The Labute approximate surface area is 111 Å². The van der Waals surface area contributed by atoms with E-state index >= 15 is 0 Å². The molecule has 0 aliphatic carbocycles. The average molecular weight is 270 g/mol. The van der Waals surface area contributed by atoms with Crippen molar-refractivity contribution in [2.24, 2.45) is 0 Å². The van der Waals surface area contributed by atoms with Crippen LogP contribution in [0.1, 0.15) is 24.2 Å². The Bertz CT molecular complexity index is 452. The molecule has 1 aromatic carbocycles. The molecule has 1 rings (SSSR count). The number of benzene rings is 1. The lowest BCUT2D eigenvalue weighted by atomic mass is 10.1. The molecule has 3 N–H and O–H groups in total. The van der Waals surface area contributed by atoms with Crippen molar-refractivity contribution in [2.75, 3.05) is 31.3 Å². The van der Waals surface area contributed by atoms with E-state index < -0.39 is 11.8 Å². The lowest BCUT2D eigenvalue weighted by Gasteiger charge is -2.15. The van der Waals surface area contributed by atoms with Gasteiger partial charge in [0.2, 0.25) is 0 Å². The predicted molar refractivity (Wildman–Crippen MR) is 71.7 cm³/mol. The SMILES string of the molecule is CCOC(=O)c1cc(F)c(N)c(NCC(C)OC)c1. The van der Waals surface area contributed by atoms with Crippen molar-refractivity contribution >= 4 is 17.3 Å². The molecule has 0 aliphatic rings. The number of ether oxygens (including phenoxy) is 2. The number of nitrogens with two attached hydrogens (primary N) is 1. The van der Waals surface area contributed by atoms with E-state index in [9.17, 15) is 9.18 Å². The fraction of sp³-hybridized carbons (Fsp3) is 0.462. The van der Waals surface area contributed by atoms with E-state index in [-0.39, 0.29) is 24.0 Å². The van der Waals surface area contributed by atoms with Gasteiger partial charge in [-0.15, -0.1) is 0 Å². The number of nitrogen functional groups attached to an aromatic ring is 1. The van der Waals surface area contributed by atoms with Gasteiger partial charge in [0.25, 0.3) is 0 Å². The second kappa shape index (κ2) is 6.94. The van der Waals surface area contributed by atoms with Gasteiger partial charge < -0.3 is 20.5 Å². The molecular weight excluding hydrogens is 251 g/mol. The molecule has 6 heteroatoms. The van der Waals surface area contributed by atoms with Crippen LogP contribution in [0.15, 0.2) is 12.1 Å². The molecule has 0 fully saturated rings. The van der Waals surface area contributed by atoms with Gasteiger partial charge >= 0.3 is 5.97 Å². The highest BCUT2D eigenvalue weighted by Crippen LogP contribution is 2.24. The number of nitrogens with one attached hydrogen (secondary N) is 1. The highest BCUT2D eigenvalue weighted by molar-refractivity contribution is 5.92. The normalized spacial score (nSPS) is 12.0. The van der Waals surface area contributed by atoms with Gasteiger partial charge in [-0.25, -0.2) is 9.18 Å². The van der Waals surface area contributed by atoms with Crippen LogP contribution in [0.4, 0.5) is 15.8 Å². The van der Waals surface area contributed by atoms with E-state index in [1.54, 1.807) is 14.0 Å². The number of hydrogen-bond acceptors (Lipinski definition) is 5. The summed E-state index contributed by atoms with van der Waals surface area (Å²) >= 11 is 0. The van der Waals surface area contributed by atoms with Gasteiger partial charge in [0.1, 0.15) is 5.82 Å². The third kappa shape index (κ3) is 4.10. The third-order valence-corrected chi connectivity index (χ3v) is 2.62. The van der Waals surface area contributed by atoms with Crippen LogP contribution in [0, 0.1) is 5.82 Å². The maximum Gasteiger partial charge on any atom is 0.338 e. The van der Waals surface area contributed by atoms with E-state index in [0.717, 1.165) is 6.07 Å². The molecule has 0 aromatic heterocycles. The first-order chi connectivity index (χ1) is 8.99. The monoisotopic (exact) mass is 270 g/mol. The number of hydrogen-bond donors (Lipinski definition) is 2. The summed E-state index contributed by atoms with van der Waals surface area (Å²) in [4.78, 5) is 11.6. The molecule has 106 valence electrons. The van der Waals surface area contributed by atoms with Crippen molar-refractivity contribution in [1.29, 1.82) is 0 Å². The zero-order chi connectivity index (χ0) is 14.4. The quantitative estimate of drug-likeness (QED) is 0.611. The smallest absolute Gasteiger partial charge is 0.338 e. The Morgan fingerprint density at radius 1 is 1.53 bits per heavy atom. The molecule has 0 amide bonds. The second-order valence-electron chi connectivity index (χ2n) is 4.07. The Kier molecular flexibility index (Phi) is 5.57. The predicted octanol–water partition coefficient (Wildman–Crippen LogP) is 2.03. The van der Waals surface area contributed by atoms with Gasteiger partial charge in [-0.3, -0.25) is 0 Å². The van der Waals surface area contributed by atoms with E-state index in [4.69, 9.17) is 15.2 Å². The fourth-order valence-corrected chi connectivity index (χ4v) is 1.43. The molecule has 0 saturated heterocycles. The summed E-state index contributed by atoms with van der Waals surface area (Å²) in [7, 11) is 1.57. The number of methoxy groups -OCH3 is 1. The molecule has 0 aliphatic heterocycles. The molecule has 0 saturated carbocycles. The summed E-state index contributed by atoms with van der Waals surface area (Å²) in [6.07, 6.45) is -0.0614. The standard InChI is InChI=1S/C13H19FN2O3/c1-4-19-13(17)9-5-10(14)12(15)11(6-9)16-7-8(2)18-3/h5-6,8,16H,4,7,15H2,1-3H3. The van der Waals surface area contributed by atoms with Gasteiger partial charge in [0.05, 0.1) is 29.6 Å². The number of esters is 1. The van der Waals surface area contributed by atoms with Gasteiger partial charge in [-0.1, -0.05) is 0 Å². The van der Waals surface area contributed by atoms with Crippen molar-refractivity contribution in [2.45, 2.75) is 20.0 Å². The van der Waals surface area contributed by atoms with E-state index in [0.29, 0.717) is 12.2 Å². The largest absolute Gasteiger partial charge is 0.462 e. The number of anilines is 2. The Morgan fingerprint density at radius 2 is 2.21 bits per heavy atom. The third-order valence-electron chi connectivity index (χ3n) is 2.62. The van der Waals surface area contributed by atoms with Gasteiger partial charge in [0, 0.05) is 13.7 Å². The van der Waals surface area contributed by atoms with Crippen LogP contribution in [0.5, 0.6) is 0 Å². The first-order valence-corrected chi connectivity index (χ1v) is 6.02. The minimum Gasteiger partial charge on any atom is -0.462 e. The Balaban J connectivity index is 2.93. The molecule has 0 radical (unpaired) electrons. The van der Waals surface area contributed by atoms with Crippen LogP contribution in [0.2, 0.25) is 0 Å². The number of rotatable bonds is 6. The van der Waals surface area contributed by atoms with E-state index in [1.165, 1.54) is 6.07 Å². The van der Waals surface area contributed by atoms with Crippen molar-refractivity contribution in [3.05, 3.63) is 23.5 Å². The minimum atomic E-state index is -0.655. The van der Waals surface area contributed by atoms with Gasteiger partial charge in [0.15, 0.2) is 0 Å². The minimum absolute atomic E-state index is 0.0312. The van der Waals surface area contributed by atoms with Crippen molar-refractivity contribution in [3.63, 3.8) is 0 Å². The highest BCUT2D eigenvalue weighted by atomic mass is 19.1. The van der Waals surface area contributed by atoms with Crippen LogP contribution in [-0.4, -0.2) is 32.3 Å². The molecule has 0 spiro atoms. The molecule has 5 nitrogen and oxygen atoms in total. The molecule has 0 heterocycles. The zero-order valence-corrected chi connectivity index (χ0v) is 11.3. The molecule has 19 heavy (non-hydrogen) atoms.